The molecule has 1 N–H and O–H groups in total. The number of hydrogen-bond acceptors (Lipinski definition) is 3. The van der Waals surface area contributed by atoms with Gasteiger partial charge < -0.3 is 9.84 Å². The molecule has 0 heterocycles. The molecular formula is C16H13BrFNO2. The first-order valence-corrected chi connectivity index (χ1v) is 7.10. The summed E-state index contributed by atoms with van der Waals surface area (Å²) in [6, 6.07) is 11.6. The van der Waals surface area contributed by atoms with Gasteiger partial charge in [0.25, 0.3) is 0 Å². The van der Waals surface area contributed by atoms with E-state index in [-0.39, 0.29) is 12.2 Å². The van der Waals surface area contributed by atoms with Gasteiger partial charge in [0.05, 0.1) is 11.7 Å². The van der Waals surface area contributed by atoms with Gasteiger partial charge in [-0.05, 0) is 31.2 Å². The molecular weight excluding hydrogens is 337 g/mol. The molecule has 3 nitrogen and oxygen atoms in total. The Morgan fingerprint density at radius 1 is 1.38 bits per heavy atom. The van der Waals surface area contributed by atoms with Gasteiger partial charge in [-0.25, -0.2) is 4.39 Å². The van der Waals surface area contributed by atoms with Gasteiger partial charge in [-0.3, -0.25) is 0 Å². The normalized spacial score (nSPS) is 11.8. The standard InChI is InChI=1S/C16H13BrFNO2/c1-10(20)14-7-13(17)5-6-15(14)21-9-12-4-2-3-11(8-19)16(12)18/h2-7,10,20H,9H2,1H3/t10-/m1/s1. The highest BCUT2D eigenvalue weighted by Crippen LogP contribution is 2.29. The minimum Gasteiger partial charge on any atom is -0.488 e. The van der Waals surface area contributed by atoms with Gasteiger partial charge in [-0.15, -0.1) is 0 Å². The lowest BCUT2D eigenvalue weighted by molar-refractivity contribution is 0.189. The molecule has 0 aliphatic carbocycles. The Bertz CT molecular complexity index is 695. The largest absolute Gasteiger partial charge is 0.488 e. The lowest BCUT2D eigenvalue weighted by Gasteiger charge is -2.14. The van der Waals surface area contributed by atoms with E-state index in [4.69, 9.17) is 10.00 Å². The van der Waals surface area contributed by atoms with E-state index < -0.39 is 11.9 Å². The smallest absolute Gasteiger partial charge is 0.147 e. The van der Waals surface area contributed by atoms with Gasteiger partial charge in [0.2, 0.25) is 0 Å². The summed E-state index contributed by atoms with van der Waals surface area (Å²) in [6.07, 6.45) is -0.701. The summed E-state index contributed by atoms with van der Waals surface area (Å²) in [5.41, 5.74) is 0.900. The Morgan fingerprint density at radius 3 is 2.81 bits per heavy atom. The first-order chi connectivity index (χ1) is 10.0. The van der Waals surface area contributed by atoms with Crippen LogP contribution in [0.1, 0.15) is 29.7 Å². The molecule has 2 aromatic rings. The molecule has 0 saturated carbocycles. The van der Waals surface area contributed by atoms with Gasteiger partial charge in [-0.1, -0.05) is 28.1 Å². The fraction of sp³-hybridized carbons (Fsp3) is 0.188. The maximum absolute atomic E-state index is 13.9. The van der Waals surface area contributed by atoms with E-state index in [9.17, 15) is 9.50 Å². The van der Waals surface area contributed by atoms with E-state index in [1.807, 2.05) is 0 Å². The molecule has 0 aromatic heterocycles. The number of hydrogen-bond donors (Lipinski definition) is 1. The van der Waals surface area contributed by atoms with E-state index in [0.717, 1.165) is 4.47 Å². The van der Waals surface area contributed by atoms with Crippen molar-refractivity contribution in [2.45, 2.75) is 19.6 Å². The van der Waals surface area contributed by atoms with Crippen LogP contribution < -0.4 is 4.74 Å². The molecule has 2 rings (SSSR count). The molecule has 0 spiro atoms. The highest BCUT2D eigenvalue weighted by Gasteiger charge is 2.12. The number of halogens is 2. The second kappa shape index (κ2) is 6.70. The van der Waals surface area contributed by atoms with Crippen LogP contribution in [0.25, 0.3) is 0 Å². The molecule has 1 atom stereocenters. The Labute approximate surface area is 130 Å². The summed E-state index contributed by atoms with van der Waals surface area (Å²) in [5.74, 6) is -0.0920. The van der Waals surface area contributed by atoms with Gasteiger partial charge in [0, 0.05) is 15.6 Å². The van der Waals surface area contributed by atoms with Gasteiger partial charge in [0.1, 0.15) is 24.2 Å². The molecule has 0 bridgehead atoms. The van der Waals surface area contributed by atoms with Crippen molar-refractivity contribution in [2.24, 2.45) is 0 Å². The number of nitrogens with zero attached hydrogens (tertiary/aromatic N) is 1. The first kappa shape index (κ1) is 15.5. The Morgan fingerprint density at radius 2 is 2.14 bits per heavy atom. The molecule has 0 aliphatic rings. The van der Waals surface area contributed by atoms with E-state index in [0.29, 0.717) is 16.9 Å². The van der Waals surface area contributed by atoms with Crippen molar-refractivity contribution in [3.8, 4) is 11.8 Å². The monoisotopic (exact) mass is 349 g/mol. The number of aliphatic hydroxyl groups excluding tert-OH is 1. The zero-order valence-electron chi connectivity index (χ0n) is 11.3. The van der Waals surface area contributed by atoms with Crippen molar-refractivity contribution in [2.75, 3.05) is 0 Å². The average molecular weight is 350 g/mol. The van der Waals surface area contributed by atoms with Crippen LogP contribution in [0.2, 0.25) is 0 Å². The summed E-state index contributed by atoms with van der Waals surface area (Å²) >= 11 is 3.33. The highest BCUT2D eigenvalue weighted by atomic mass is 79.9. The fourth-order valence-electron chi connectivity index (χ4n) is 1.91. The van der Waals surface area contributed by atoms with Crippen molar-refractivity contribution in [3.63, 3.8) is 0 Å². The van der Waals surface area contributed by atoms with Crippen LogP contribution in [-0.2, 0) is 6.61 Å². The number of rotatable bonds is 4. The fourth-order valence-corrected chi connectivity index (χ4v) is 2.29. The quantitative estimate of drug-likeness (QED) is 0.904. The van der Waals surface area contributed by atoms with Crippen LogP contribution >= 0.6 is 15.9 Å². The molecule has 108 valence electrons. The van der Waals surface area contributed by atoms with E-state index >= 15 is 0 Å². The SMILES string of the molecule is C[C@@H](O)c1cc(Br)ccc1OCc1cccc(C#N)c1F. The lowest BCUT2D eigenvalue weighted by atomic mass is 10.1. The molecule has 5 heteroatoms. The second-order valence-electron chi connectivity index (χ2n) is 4.54. The van der Waals surface area contributed by atoms with Crippen molar-refractivity contribution >= 4 is 15.9 Å². The van der Waals surface area contributed by atoms with E-state index in [1.54, 1.807) is 43.3 Å². The Kier molecular flexibility index (Phi) is 4.94. The van der Waals surface area contributed by atoms with Gasteiger partial charge in [-0.2, -0.15) is 5.26 Å². The van der Waals surface area contributed by atoms with E-state index in [2.05, 4.69) is 15.9 Å². The maximum Gasteiger partial charge on any atom is 0.147 e. The third-order valence-corrected chi connectivity index (χ3v) is 3.50. The first-order valence-electron chi connectivity index (χ1n) is 6.30. The van der Waals surface area contributed by atoms with Crippen LogP contribution in [-0.4, -0.2) is 5.11 Å². The van der Waals surface area contributed by atoms with Crippen molar-refractivity contribution in [1.29, 1.82) is 5.26 Å². The second-order valence-corrected chi connectivity index (χ2v) is 5.45. The van der Waals surface area contributed by atoms with Crippen LogP contribution in [0.4, 0.5) is 4.39 Å². The molecule has 2 aromatic carbocycles. The number of aliphatic hydroxyl groups is 1. The lowest BCUT2D eigenvalue weighted by Crippen LogP contribution is -2.03. The molecule has 21 heavy (non-hydrogen) atoms. The minimum atomic E-state index is -0.701. The Balaban J connectivity index is 2.23. The summed E-state index contributed by atoms with van der Waals surface area (Å²) in [5, 5.41) is 18.6. The molecule has 0 radical (unpaired) electrons. The summed E-state index contributed by atoms with van der Waals surface area (Å²) in [7, 11) is 0. The van der Waals surface area contributed by atoms with Crippen molar-refractivity contribution in [1.82, 2.24) is 0 Å². The maximum atomic E-state index is 13.9. The molecule has 0 saturated heterocycles. The van der Waals surface area contributed by atoms with Crippen LogP contribution in [0.5, 0.6) is 5.75 Å². The molecule has 0 fully saturated rings. The summed E-state index contributed by atoms with van der Waals surface area (Å²) < 4.78 is 20.4. The van der Waals surface area contributed by atoms with E-state index in [1.165, 1.54) is 6.07 Å². The molecule has 0 amide bonds. The van der Waals surface area contributed by atoms with Crippen LogP contribution in [0.3, 0.4) is 0 Å². The van der Waals surface area contributed by atoms with Gasteiger partial charge in [0.15, 0.2) is 0 Å². The number of benzene rings is 2. The highest BCUT2D eigenvalue weighted by molar-refractivity contribution is 9.10. The molecule has 0 aliphatic heterocycles. The average Bonchev–Trinajstić information content (AvgIpc) is 2.47. The third-order valence-electron chi connectivity index (χ3n) is 3.00. The number of nitriles is 1. The van der Waals surface area contributed by atoms with Crippen molar-refractivity contribution < 1.29 is 14.2 Å². The van der Waals surface area contributed by atoms with Crippen molar-refractivity contribution in [3.05, 3.63) is 63.4 Å². The summed E-state index contributed by atoms with van der Waals surface area (Å²) in [6.45, 7) is 1.62. The predicted molar refractivity (Wildman–Crippen MR) is 80.2 cm³/mol. The topological polar surface area (TPSA) is 53.2 Å². The van der Waals surface area contributed by atoms with Crippen LogP contribution in [0, 0.1) is 17.1 Å². The van der Waals surface area contributed by atoms with Crippen LogP contribution in [0.15, 0.2) is 40.9 Å². The number of ether oxygens (including phenoxy) is 1. The zero-order chi connectivity index (χ0) is 15.4. The zero-order valence-corrected chi connectivity index (χ0v) is 12.9. The Hall–Kier alpha value is -1.90. The summed E-state index contributed by atoms with van der Waals surface area (Å²) in [4.78, 5) is 0. The third kappa shape index (κ3) is 3.60. The molecule has 0 unspecified atom stereocenters. The predicted octanol–water partition coefficient (Wildman–Crippen LogP) is 4.09. The minimum absolute atomic E-state index is 0.0112. The van der Waals surface area contributed by atoms with Gasteiger partial charge >= 0.3 is 0 Å².